The van der Waals surface area contributed by atoms with Crippen LogP contribution in [0.4, 0.5) is 13.2 Å². The number of rotatable bonds is 1. The Labute approximate surface area is 107 Å². The summed E-state index contributed by atoms with van der Waals surface area (Å²) in [4.78, 5) is -0.354. The summed E-state index contributed by atoms with van der Waals surface area (Å²) in [6, 6.07) is 3.53. The first-order chi connectivity index (χ1) is 8.10. The van der Waals surface area contributed by atoms with Gasteiger partial charge < -0.3 is 5.73 Å². The molecule has 1 aromatic carbocycles. The Morgan fingerprint density at radius 2 is 1.56 bits per heavy atom. The molecular weight excluding hydrogens is 291 g/mol. The number of alkyl halides is 3. The van der Waals surface area contributed by atoms with E-state index in [9.17, 15) is 21.6 Å². The van der Waals surface area contributed by atoms with E-state index in [-0.39, 0.29) is 4.90 Å². The minimum Gasteiger partial charge on any atom is -0.328 e. The Bertz CT molecular complexity index is 495. The summed E-state index contributed by atoms with van der Waals surface area (Å²) in [5.41, 5.74) is 4.31. The van der Waals surface area contributed by atoms with Crippen LogP contribution in [0, 0.1) is 0 Å². The Hall–Kier alpha value is -0.790. The van der Waals surface area contributed by atoms with Gasteiger partial charge in [-0.3, -0.25) is 0 Å². The van der Waals surface area contributed by atoms with E-state index in [2.05, 4.69) is 0 Å². The average molecular weight is 302 g/mol. The predicted octanol–water partition coefficient (Wildman–Crippen LogP) is 2.74. The van der Waals surface area contributed by atoms with E-state index in [0.717, 1.165) is 12.1 Å². The zero-order valence-electron chi connectivity index (χ0n) is 9.11. The van der Waals surface area contributed by atoms with Crippen molar-refractivity contribution in [2.24, 2.45) is 5.73 Å². The number of benzene rings is 1. The molecule has 102 valence electrons. The first kappa shape index (κ1) is 15.3. The molecule has 0 aliphatic heterocycles. The summed E-state index contributed by atoms with van der Waals surface area (Å²) in [7, 11) is 0.956. The summed E-state index contributed by atoms with van der Waals surface area (Å²) in [5, 5.41) is 0. The lowest BCUT2D eigenvalue weighted by molar-refractivity contribution is -0.137. The summed E-state index contributed by atoms with van der Waals surface area (Å²) in [6.45, 7) is 0. The highest BCUT2D eigenvalue weighted by Crippen LogP contribution is 2.30. The van der Waals surface area contributed by atoms with Gasteiger partial charge in [-0.1, -0.05) is 0 Å². The summed E-state index contributed by atoms with van der Waals surface area (Å²) in [6.07, 6.45) is -1.95. The molecule has 18 heavy (non-hydrogen) atoms. The Morgan fingerprint density at radius 3 is 1.78 bits per heavy atom. The second-order valence-corrected chi connectivity index (χ2v) is 6.36. The quantitative estimate of drug-likeness (QED) is 0.811. The summed E-state index contributed by atoms with van der Waals surface area (Å²) < 4.78 is 57.5. The van der Waals surface area contributed by atoms with Crippen molar-refractivity contribution in [3.8, 4) is 0 Å². The van der Waals surface area contributed by atoms with Crippen LogP contribution in [-0.4, -0.2) is 14.5 Å². The van der Waals surface area contributed by atoms with Gasteiger partial charge in [0.1, 0.15) is 0 Å². The fourth-order valence-corrected chi connectivity index (χ4v) is 1.67. The fourth-order valence-electron chi connectivity index (χ4n) is 0.903. The van der Waals surface area contributed by atoms with Crippen LogP contribution in [0.3, 0.4) is 0 Å². The molecule has 8 heteroatoms. The monoisotopic (exact) mass is 301 g/mol. The van der Waals surface area contributed by atoms with Crippen LogP contribution >= 0.6 is 10.7 Å². The highest BCUT2D eigenvalue weighted by molar-refractivity contribution is 8.13. The van der Waals surface area contributed by atoms with E-state index in [1.165, 1.54) is 12.8 Å². The molecule has 0 amide bonds. The second-order valence-electron chi connectivity index (χ2n) is 3.80. The maximum atomic E-state index is 12.0. The molecule has 0 saturated heterocycles. The fraction of sp³-hybridized carbons (Fsp3) is 0.400. The van der Waals surface area contributed by atoms with Crippen LogP contribution in [-0.2, 0) is 15.2 Å². The largest absolute Gasteiger partial charge is 0.416 e. The molecule has 1 aromatic rings. The van der Waals surface area contributed by atoms with Crippen LogP contribution in [0.25, 0.3) is 0 Å². The lowest BCUT2D eigenvalue weighted by Gasteiger charge is -2.05. The topological polar surface area (TPSA) is 60.2 Å². The van der Waals surface area contributed by atoms with Crippen molar-refractivity contribution in [3.63, 3.8) is 0 Å². The third-order valence-electron chi connectivity index (χ3n) is 2.09. The van der Waals surface area contributed by atoms with Crippen molar-refractivity contribution in [3.05, 3.63) is 29.8 Å². The summed E-state index contributed by atoms with van der Waals surface area (Å²) >= 11 is 0. The maximum absolute atomic E-state index is 12.0. The molecule has 0 unspecified atom stereocenters. The van der Waals surface area contributed by atoms with Gasteiger partial charge in [-0.05, 0) is 37.1 Å². The van der Waals surface area contributed by atoms with Crippen LogP contribution in [0.5, 0.6) is 0 Å². The number of halogens is 4. The number of hydrogen-bond acceptors (Lipinski definition) is 3. The van der Waals surface area contributed by atoms with Gasteiger partial charge in [-0.25, -0.2) is 8.42 Å². The van der Waals surface area contributed by atoms with Crippen LogP contribution in [0.15, 0.2) is 29.2 Å². The second kappa shape index (κ2) is 5.46. The molecule has 0 heterocycles. The zero-order valence-corrected chi connectivity index (χ0v) is 10.7. The third-order valence-corrected chi connectivity index (χ3v) is 3.45. The molecular formula is C10H11ClF3NO2S. The van der Waals surface area contributed by atoms with E-state index < -0.39 is 20.8 Å². The van der Waals surface area contributed by atoms with E-state index in [1.54, 1.807) is 0 Å². The average Bonchev–Trinajstić information content (AvgIpc) is 2.99. The molecule has 1 saturated carbocycles. The van der Waals surface area contributed by atoms with Gasteiger partial charge in [0.05, 0.1) is 10.5 Å². The van der Waals surface area contributed by atoms with E-state index in [0.29, 0.717) is 18.2 Å². The van der Waals surface area contributed by atoms with Gasteiger partial charge in [0.15, 0.2) is 0 Å². The van der Waals surface area contributed by atoms with E-state index in [1.807, 2.05) is 0 Å². The van der Waals surface area contributed by atoms with Crippen molar-refractivity contribution < 1.29 is 21.6 Å². The molecule has 0 atom stereocenters. The smallest absolute Gasteiger partial charge is 0.328 e. The number of nitrogens with two attached hydrogens (primary N) is 1. The Morgan fingerprint density at radius 1 is 1.17 bits per heavy atom. The van der Waals surface area contributed by atoms with Crippen molar-refractivity contribution in [1.29, 1.82) is 0 Å². The lowest BCUT2D eigenvalue weighted by atomic mass is 10.2. The van der Waals surface area contributed by atoms with Crippen LogP contribution < -0.4 is 5.73 Å². The maximum Gasteiger partial charge on any atom is 0.416 e. The highest BCUT2D eigenvalue weighted by atomic mass is 35.7. The first-order valence-corrected chi connectivity index (χ1v) is 7.29. The van der Waals surface area contributed by atoms with E-state index in [4.69, 9.17) is 16.4 Å². The molecule has 0 spiro atoms. The molecule has 2 rings (SSSR count). The van der Waals surface area contributed by atoms with Crippen LogP contribution in [0.1, 0.15) is 18.4 Å². The normalized spacial score (nSPS) is 15.8. The van der Waals surface area contributed by atoms with E-state index >= 15 is 0 Å². The first-order valence-electron chi connectivity index (χ1n) is 4.98. The van der Waals surface area contributed by atoms with Crippen molar-refractivity contribution in [2.45, 2.75) is 30.0 Å². The predicted molar refractivity (Wildman–Crippen MR) is 61.7 cm³/mol. The molecule has 1 fully saturated rings. The Balaban J connectivity index is 0.000000341. The summed E-state index contributed by atoms with van der Waals surface area (Å²) in [5.74, 6) is 0. The standard InChI is InChI=1S/C7H4ClF3O2S.C3H7N/c8-14(12,13)6-3-1-5(2-4-6)7(9,10)11;4-3-1-2-3/h1-4H;3H,1-2,4H2. The van der Waals surface area contributed by atoms with Crippen molar-refractivity contribution >= 4 is 19.7 Å². The molecule has 2 N–H and O–H groups in total. The van der Waals surface area contributed by atoms with Gasteiger partial charge in [0, 0.05) is 16.7 Å². The van der Waals surface area contributed by atoms with Gasteiger partial charge in [-0.2, -0.15) is 13.2 Å². The van der Waals surface area contributed by atoms with Crippen molar-refractivity contribution in [1.82, 2.24) is 0 Å². The molecule has 3 nitrogen and oxygen atoms in total. The molecule has 0 radical (unpaired) electrons. The van der Waals surface area contributed by atoms with Gasteiger partial charge >= 0.3 is 6.18 Å². The van der Waals surface area contributed by atoms with Gasteiger partial charge in [0.25, 0.3) is 9.05 Å². The van der Waals surface area contributed by atoms with Gasteiger partial charge in [-0.15, -0.1) is 0 Å². The minimum atomic E-state index is -4.48. The highest BCUT2D eigenvalue weighted by Gasteiger charge is 2.30. The molecule has 0 bridgehead atoms. The molecule has 0 aromatic heterocycles. The van der Waals surface area contributed by atoms with Crippen molar-refractivity contribution in [2.75, 3.05) is 0 Å². The Kier molecular flexibility index (Phi) is 4.63. The SMILES string of the molecule is NC1CC1.O=S(=O)(Cl)c1ccc(C(F)(F)F)cc1. The minimum absolute atomic E-state index is 0.354. The van der Waals surface area contributed by atoms with Crippen LogP contribution in [0.2, 0.25) is 0 Å². The lowest BCUT2D eigenvalue weighted by Crippen LogP contribution is -2.04. The number of hydrogen-bond donors (Lipinski definition) is 1. The zero-order chi connectivity index (χ0) is 14.0. The molecule has 1 aliphatic rings. The van der Waals surface area contributed by atoms with Gasteiger partial charge in [0.2, 0.25) is 0 Å². The third kappa shape index (κ3) is 5.24. The molecule has 1 aliphatic carbocycles.